The monoisotopic (exact) mass is 523 g/mol. The lowest BCUT2D eigenvalue weighted by Crippen LogP contribution is -2.12. The Morgan fingerprint density at radius 1 is 1.03 bits per heavy atom. The highest BCUT2D eigenvalue weighted by molar-refractivity contribution is 6.31. The number of ether oxygens (including phenoxy) is 1. The number of nitrogens with zero attached hydrogens (tertiary/aromatic N) is 1. The molecule has 0 saturated heterocycles. The van der Waals surface area contributed by atoms with Gasteiger partial charge in [-0.25, -0.2) is 4.79 Å². The number of aromatic carboxylic acids is 1. The molecule has 1 N–H and O–H groups in total. The first kappa shape index (κ1) is 25.5. The van der Waals surface area contributed by atoms with Crippen LogP contribution in [0.5, 0.6) is 0 Å². The number of halogens is 2. The minimum Gasteiger partial charge on any atom is -0.478 e. The van der Waals surface area contributed by atoms with Crippen LogP contribution in [0.2, 0.25) is 10.0 Å². The highest BCUT2D eigenvalue weighted by atomic mass is 35.5. The number of benzene rings is 3. The van der Waals surface area contributed by atoms with Crippen LogP contribution in [0.25, 0.3) is 11.3 Å². The molecule has 0 radical (unpaired) electrons. The quantitative estimate of drug-likeness (QED) is 0.248. The minimum atomic E-state index is -1.00. The van der Waals surface area contributed by atoms with Gasteiger partial charge < -0.3 is 14.4 Å². The Labute approximate surface area is 218 Å². The molecule has 1 atom stereocenters. The van der Waals surface area contributed by atoms with Crippen LogP contribution in [-0.4, -0.2) is 22.2 Å². The number of carbonyl (C=O) groups excluding carboxylic acids is 1. The van der Waals surface area contributed by atoms with Crippen LogP contribution in [0.4, 0.5) is 0 Å². The summed E-state index contributed by atoms with van der Waals surface area (Å²) in [6.07, 6.45) is -0.0336. The minimum absolute atomic E-state index is 0.00119. The van der Waals surface area contributed by atoms with Crippen molar-refractivity contribution in [1.29, 1.82) is 0 Å². The summed E-state index contributed by atoms with van der Waals surface area (Å²) in [7, 11) is 0. The van der Waals surface area contributed by atoms with E-state index in [4.69, 9.17) is 32.5 Å². The van der Waals surface area contributed by atoms with Crippen molar-refractivity contribution >= 4 is 35.1 Å². The molecule has 6 nitrogen and oxygen atoms in total. The van der Waals surface area contributed by atoms with Crippen molar-refractivity contribution in [3.8, 4) is 11.3 Å². The smallest absolute Gasteiger partial charge is 0.335 e. The first-order valence-electron chi connectivity index (χ1n) is 11.2. The average molecular weight is 524 g/mol. The Morgan fingerprint density at radius 2 is 1.75 bits per heavy atom. The zero-order valence-corrected chi connectivity index (χ0v) is 21.1. The van der Waals surface area contributed by atoms with Gasteiger partial charge in [0, 0.05) is 26.7 Å². The first-order chi connectivity index (χ1) is 17.2. The fourth-order valence-electron chi connectivity index (χ4n) is 3.91. The number of carbonyl (C=O) groups is 2. The standard InChI is InChI=1S/C28H23Cl2NO5/c1-16-23(15-26(32)35-17(2)22-5-3-4-6-25(22)30)27(36-31-16)19-9-7-18(8-10-19)13-21-14-20(28(33)34)11-12-24(21)29/h3-12,14,17H,13,15H2,1-2H3,(H,33,34). The van der Waals surface area contributed by atoms with Gasteiger partial charge in [-0.2, -0.15) is 0 Å². The van der Waals surface area contributed by atoms with Crippen molar-refractivity contribution in [2.75, 3.05) is 0 Å². The molecule has 0 bridgehead atoms. The lowest BCUT2D eigenvalue weighted by atomic mass is 9.99. The van der Waals surface area contributed by atoms with Crippen molar-refractivity contribution in [2.45, 2.75) is 32.8 Å². The molecule has 4 aromatic rings. The summed E-state index contributed by atoms with van der Waals surface area (Å²) in [5.74, 6) is -0.928. The Balaban J connectivity index is 1.49. The molecule has 0 aliphatic heterocycles. The number of aromatic nitrogens is 1. The summed E-state index contributed by atoms with van der Waals surface area (Å²) in [4.78, 5) is 24.0. The number of rotatable bonds is 8. The lowest BCUT2D eigenvalue weighted by Gasteiger charge is -2.15. The third-order valence-corrected chi connectivity index (χ3v) is 6.57. The number of hydrogen-bond acceptors (Lipinski definition) is 5. The largest absolute Gasteiger partial charge is 0.478 e. The van der Waals surface area contributed by atoms with Gasteiger partial charge >= 0.3 is 11.9 Å². The number of aryl methyl sites for hydroxylation is 1. The fourth-order valence-corrected chi connectivity index (χ4v) is 4.39. The predicted octanol–water partition coefficient (Wildman–Crippen LogP) is 7.09. The normalized spacial score (nSPS) is 11.8. The van der Waals surface area contributed by atoms with Crippen LogP contribution in [0.15, 0.2) is 71.3 Å². The van der Waals surface area contributed by atoms with Gasteiger partial charge in [0.15, 0.2) is 5.76 Å². The van der Waals surface area contributed by atoms with E-state index in [1.54, 1.807) is 32.0 Å². The predicted molar refractivity (Wildman–Crippen MR) is 138 cm³/mol. The summed E-state index contributed by atoms with van der Waals surface area (Å²) in [5, 5.41) is 14.3. The molecule has 36 heavy (non-hydrogen) atoms. The fraction of sp³-hybridized carbons (Fsp3) is 0.179. The van der Waals surface area contributed by atoms with E-state index in [0.717, 1.165) is 22.3 Å². The Morgan fingerprint density at radius 3 is 2.44 bits per heavy atom. The molecule has 8 heteroatoms. The van der Waals surface area contributed by atoms with E-state index in [2.05, 4.69) is 5.16 Å². The van der Waals surface area contributed by atoms with Crippen molar-refractivity contribution in [2.24, 2.45) is 0 Å². The second kappa shape index (κ2) is 11.0. The van der Waals surface area contributed by atoms with Crippen LogP contribution >= 0.6 is 23.2 Å². The van der Waals surface area contributed by atoms with Crippen LogP contribution in [0, 0.1) is 6.92 Å². The van der Waals surface area contributed by atoms with Crippen LogP contribution in [0.1, 0.15) is 51.3 Å². The van der Waals surface area contributed by atoms with Gasteiger partial charge in [0.1, 0.15) is 6.10 Å². The van der Waals surface area contributed by atoms with Gasteiger partial charge in [0.2, 0.25) is 0 Å². The van der Waals surface area contributed by atoms with E-state index in [1.807, 2.05) is 42.5 Å². The first-order valence-corrected chi connectivity index (χ1v) is 12.0. The molecular formula is C28H23Cl2NO5. The molecule has 1 aromatic heterocycles. The van der Waals surface area contributed by atoms with Crippen molar-refractivity contribution in [3.63, 3.8) is 0 Å². The van der Waals surface area contributed by atoms with E-state index >= 15 is 0 Å². The maximum atomic E-state index is 12.7. The zero-order valence-electron chi connectivity index (χ0n) is 19.6. The molecule has 0 spiro atoms. The second-order valence-electron chi connectivity index (χ2n) is 8.39. The Hall–Kier alpha value is -3.61. The molecule has 0 aliphatic rings. The SMILES string of the molecule is Cc1noc(-c2ccc(Cc3cc(C(=O)O)ccc3Cl)cc2)c1CC(=O)OC(C)c1ccccc1Cl. The molecule has 4 rings (SSSR count). The Bertz CT molecular complexity index is 1410. The maximum Gasteiger partial charge on any atom is 0.335 e. The van der Waals surface area contributed by atoms with E-state index in [-0.39, 0.29) is 12.0 Å². The Kier molecular flexibility index (Phi) is 7.77. The van der Waals surface area contributed by atoms with Gasteiger partial charge in [-0.3, -0.25) is 4.79 Å². The topological polar surface area (TPSA) is 89.6 Å². The van der Waals surface area contributed by atoms with E-state index in [9.17, 15) is 14.7 Å². The summed E-state index contributed by atoms with van der Waals surface area (Å²) in [5.41, 5.74) is 4.59. The summed E-state index contributed by atoms with van der Waals surface area (Å²) < 4.78 is 11.2. The lowest BCUT2D eigenvalue weighted by molar-refractivity contribution is -0.147. The molecule has 0 fully saturated rings. The van der Waals surface area contributed by atoms with E-state index in [0.29, 0.717) is 33.5 Å². The zero-order chi connectivity index (χ0) is 25.8. The highest BCUT2D eigenvalue weighted by Crippen LogP contribution is 2.30. The summed E-state index contributed by atoms with van der Waals surface area (Å²) in [6, 6.07) is 19.4. The molecule has 0 saturated carbocycles. The van der Waals surface area contributed by atoms with Gasteiger partial charge in [0.05, 0.1) is 17.7 Å². The van der Waals surface area contributed by atoms with Crippen molar-refractivity contribution < 1.29 is 24.0 Å². The highest BCUT2D eigenvalue weighted by Gasteiger charge is 2.21. The number of carboxylic acid groups (broad SMARTS) is 1. The van der Waals surface area contributed by atoms with E-state index < -0.39 is 18.0 Å². The maximum absolute atomic E-state index is 12.7. The van der Waals surface area contributed by atoms with Crippen molar-refractivity contribution in [1.82, 2.24) is 5.16 Å². The van der Waals surface area contributed by atoms with E-state index in [1.165, 1.54) is 6.07 Å². The summed E-state index contributed by atoms with van der Waals surface area (Å²) >= 11 is 12.5. The average Bonchev–Trinajstić information content (AvgIpc) is 3.20. The molecule has 0 aliphatic carbocycles. The molecule has 1 heterocycles. The molecule has 1 unspecified atom stereocenters. The molecular weight excluding hydrogens is 501 g/mol. The third kappa shape index (κ3) is 5.78. The second-order valence-corrected chi connectivity index (χ2v) is 9.21. The number of carboxylic acids is 1. The van der Waals surface area contributed by atoms with Gasteiger partial charge in [-0.15, -0.1) is 0 Å². The van der Waals surface area contributed by atoms with Crippen molar-refractivity contribution in [3.05, 3.63) is 110 Å². The number of hydrogen-bond donors (Lipinski definition) is 1. The summed E-state index contributed by atoms with van der Waals surface area (Å²) in [6.45, 7) is 3.55. The van der Waals surface area contributed by atoms with Crippen LogP contribution < -0.4 is 0 Å². The van der Waals surface area contributed by atoms with Gasteiger partial charge in [-0.1, -0.05) is 70.8 Å². The third-order valence-electron chi connectivity index (χ3n) is 5.86. The van der Waals surface area contributed by atoms with Gasteiger partial charge in [0.25, 0.3) is 0 Å². The van der Waals surface area contributed by atoms with Gasteiger partial charge in [-0.05, 0) is 55.7 Å². The molecule has 3 aromatic carbocycles. The number of esters is 1. The van der Waals surface area contributed by atoms with Crippen LogP contribution in [-0.2, 0) is 22.4 Å². The molecule has 0 amide bonds. The molecule has 184 valence electrons. The van der Waals surface area contributed by atoms with Crippen LogP contribution in [0.3, 0.4) is 0 Å².